The van der Waals surface area contributed by atoms with E-state index in [1.54, 1.807) is 30.1 Å². The van der Waals surface area contributed by atoms with Crippen molar-refractivity contribution in [2.45, 2.75) is 26.4 Å². The molecular weight excluding hydrogens is 285 g/mol. The van der Waals surface area contributed by atoms with E-state index >= 15 is 0 Å². The second-order valence-electron chi connectivity index (χ2n) is 5.62. The number of carbonyl (C=O) groups excluding carboxylic acids is 1. The summed E-state index contributed by atoms with van der Waals surface area (Å²) in [6, 6.07) is 5.91. The third kappa shape index (κ3) is 3.71. The van der Waals surface area contributed by atoms with Gasteiger partial charge in [0.05, 0.1) is 18.9 Å². The molecule has 118 valence electrons. The van der Waals surface area contributed by atoms with Gasteiger partial charge in [0.2, 0.25) is 5.91 Å². The lowest BCUT2D eigenvalue weighted by Gasteiger charge is -2.14. The Bertz CT molecular complexity index is 650. The van der Waals surface area contributed by atoms with Crippen LogP contribution in [-0.4, -0.2) is 26.7 Å². The van der Waals surface area contributed by atoms with Crippen LogP contribution in [0.25, 0.3) is 11.3 Å². The van der Waals surface area contributed by atoms with Crippen molar-refractivity contribution in [3.63, 3.8) is 0 Å². The van der Waals surface area contributed by atoms with E-state index in [9.17, 15) is 14.3 Å². The highest BCUT2D eigenvalue weighted by Crippen LogP contribution is 2.26. The van der Waals surface area contributed by atoms with Crippen LogP contribution in [-0.2, 0) is 11.8 Å². The van der Waals surface area contributed by atoms with Crippen molar-refractivity contribution in [3.8, 4) is 11.3 Å². The summed E-state index contributed by atoms with van der Waals surface area (Å²) in [5.74, 6) is -0.0834. The van der Waals surface area contributed by atoms with E-state index in [0.29, 0.717) is 17.1 Å². The molecule has 1 aromatic carbocycles. The summed E-state index contributed by atoms with van der Waals surface area (Å²) in [7, 11) is 1.76. The van der Waals surface area contributed by atoms with Gasteiger partial charge in [0.1, 0.15) is 17.3 Å². The van der Waals surface area contributed by atoms with E-state index in [0.717, 1.165) is 0 Å². The molecule has 0 aliphatic rings. The first kappa shape index (κ1) is 16.2. The SMILES string of the molecule is CC(C)C(O)CC(=O)Nc1c(-c2ccc(F)cc2)ncn1C. The molecule has 1 atom stereocenters. The molecule has 0 bridgehead atoms. The lowest BCUT2D eigenvalue weighted by molar-refractivity contribution is -0.118. The molecule has 2 N–H and O–H groups in total. The largest absolute Gasteiger partial charge is 0.392 e. The molecule has 1 unspecified atom stereocenters. The van der Waals surface area contributed by atoms with Crippen molar-refractivity contribution in [2.75, 3.05) is 5.32 Å². The molecule has 0 fully saturated rings. The van der Waals surface area contributed by atoms with E-state index < -0.39 is 6.10 Å². The topological polar surface area (TPSA) is 67.2 Å². The zero-order chi connectivity index (χ0) is 16.3. The maximum Gasteiger partial charge on any atom is 0.228 e. The zero-order valence-corrected chi connectivity index (χ0v) is 12.9. The zero-order valence-electron chi connectivity index (χ0n) is 12.9. The lowest BCUT2D eigenvalue weighted by Crippen LogP contribution is -2.24. The van der Waals surface area contributed by atoms with Crippen LogP contribution in [0.3, 0.4) is 0 Å². The van der Waals surface area contributed by atoms with Gasteiger partial charge in [-0.25, -0.2) is 9.37 Å². The summed E-state index contributed by atoms with van der Waals surface area (Å²) in [6.45, 7) is 3.71. The fraction of sp³-hybridized carbons (Fsp3) is 0.375. The average Bonchev–Trinajstić information content (AvgIpc) is 2.81. The van der Waals surface area contributed by atoms with Gasteiger partial charge in [-0.2, -0.15) is 0 Å². The van der Waals surface area contributed by atoms with Gasteiger partial charge >= 0.3 is 0 Å². The number of amides is 1. The van der Waals surface area contributed by atoms with Crippen LogP contribution in [0.15, 0.2) is 30.6 Å². The summed E-state index contributed by atoms with van der Waals surface area (Å²) in [6.07, 6.45) is 0.904. The van der Waals surface area contributed by atoms with Gasteiger partial charge in [-0.1, -0.05) is 13.8 Å². The number of hydrogen-bond donors (Lipinski definition) is 2. The third-order valence-electron chi connectivity index (χ3n) is 3.48. The number of aryl methyl sites for hydroxylation is 1. The van der Waals surface area contributed by atoms with E-state index in [-0.39, 0.29) is 24.1 Å². The van der Waals surface area contributed by atoms with Gasteiger partial charge in [-0.15, -0.1) is 0 Å². The van der Waals surface area contributed by atoms with Gasteiger partial charge in [-0.3, -0.25) is 4.79 Å². The number of nitrogens with zero attached hydrogens (tertiary/aromatic N) is 2. The first-order valence-electron chi connectivity index (χ1n) is 7.13. The van der Waals surface area contributed by atoms with Gasteiger partial charge < -0.3 is 15.0 Å². The predicted octanol–water partition coefficient (Wildman–Crippen LogP) is 2.57. The molecule has 1 amide bonds. The Hall–Kier alpha value is -2.21. The molecule has 22 heavy (non-hydrogen) atoms. The van der Waals surface area contributed by atoms with Gasteiger partial charge in [0.15, 0.2) is 0 Å². The second kappa shape index (κ2) is 6.70. The van der Waals surface area contributed by atoms with Crippen LogP contribution in [0, 0.1) is 11.7 Å². The highest BCUT2D eigenvalue weighted by molar-refractivity contribution is 5.93. The van der Waals surface area contributed by atoms with Crippen LogP contribution < -0.4 is 5.32 Å². The normalized spacial score (nSPS) is 12.5. The summed E-state index contributed by atoms with van der Waals surface area (Å²) in [5.41, 5.74) is 1.27. The number of carbonyl (C=O) groups is 1. The Morgan fingerprint density at radius 2 is 2.00 bits per heavy atom. The van der Waals surface area contributed by atoms with E-state index in [2.05, 4.69) is 10.3 Å². The number of aliphatic hydroxyl groups is 1. The number of imidazole rings is 1. The van der Waals surface area contributed by atoms with Crippen molar-refractivity contribution in [3.05, 3.63) is 36.4 Å². The summed E-state index contributed by atoms with van der Waals surface area (Å²) in [4.78, 5) is 16.3. The monoisotopic (exact) mass is 305 g/mol. The lowest BCUT2D eigenvalue weighted by atomic mass is 10.0. The second-order valence-corrected chi connectivity index (χ2v) is 5.62. The molecule has 0 saturated carbocycles. The van der Waals surface area contributed by atoms with Crippen LogP contribution in [0.5, 0.6) is 0 Å². The molecule has 0 radical (unpaired) electrons. The Balaban J connectivity index is 2.19. The number of hydrogen-bond acceptors (Lipinski definition) is 3. The van der Waals surface area contributed by atoms with Crippen molar-refractivity contribution in [2.24, 2.45) is 13.0 Å². The Kier molecular flexibility index (Phi) is 4.92. The Morgan fingerprint density at radius 3 is 2.59 bits per heavy atom. The Morgan fingerprint density at radius 1 is 1.36 bits per heavy atom. The molecule has 1 aromatic heterocycles. The minimum absolute atomic E-state index is 0.00820. The molecule has 6 heteroatoms. The fourth-order valence-electron chi connectivity index (χ4n) is 2.01. The van der Waals surface area contributed by atoms with Crippen molar-refractivity contribution in [1.29, 1.82) is 0 Å². The molecule has 2 rings (SSSR count). The quantitative estimate of drug-likeness (QED) is 0.892. The highest BCUT2D eigenvalue weighted by Gasteiger charge is 2.18. The standard InChI is InChI=1S/C16H20FN3O2/c1-10(2)13(21)8-14(22)19-16-15(18-9-20(16)3)11-4-6-12(17)7-5-11/h4-7,9-10,13,21H,8H2,1-3H3,(H,19,22). The fourth-order valence-corrected chi connectivity index (χ4v) is 2.01. The molecule has 1 heterocycles. The predicted molar refractivity (Wildman–Crippen MR) is 82.7 cm³/mol. The van der Waals surface area contributed by atoms with Crippen molar-refractivity contribution < 1.29 is 14.3 Å². The maximum atomic E-state index is 13.0. The van der Waals surface area contributed by atoms with E-state index in [1.165, 1.54) is 12.1 Å². The van der Waals surface area contributed by atoms with Gasteiger partial charge in [0.25, 0.3) is 0 Å². The molecule has 5 nitrogen and oxygen atoms in total. The molecule has 0 spiro atoms. The summed E-state index contributed by atoms with van der Waals surface area (Å²) >= 11 is 0. The number of benzene rings is 1. The van der Waals surface area contributed by atoms with Crippen LogP contribution in [0.1, 0.15) is 20.3 Å². The third-order valence-corrected chi connectivity index (χ3v) is 3.48. The first-order valence-corrected chi connectivity index (χ1v) is 7.13. The average molecular weight is 305 g/mol. The first-order chi connectivity index (χ1) is 10.4. The van der Waals surface area contributed by atoms with E-state index in [1.807, 2.05) is 13.8 Å². The summed E-state index contributed by atoms with van der Waals surface area (Å²) in [5, 5.41) is 12.6. The minimum Gasteiger partial charge on any atom is -0.392 e. The van der Waals surface area contributed by atoms with Crippen LogP contribution in [0.4, 0.5) is 10.2 Å². The molecule has 0 aliphatic heterocycles. The van der Waals surface area contributed by atoms with E-state index in [4.69, 9.17) is 0 Å². The molecule has 2 aromatic rings. The number of aliphatic hydroxyl groups excluding tert-OH is 1. The molecule has 0 aliphatic carbocycles. The number of halogens is 1. The Labute approximate surface area is 128 Å². The smallest absolute Gasteiger partial charge is 0.228 e. The minimum atomic E-state index is -0.692. The van der Waals surface area contributed by atoms with Crippen LogP contribution in [0.2, 0.25) is 0 Å². The van der Waals surface area contributed by atoms with Crippen molar-refractivity contribution >= 4 is 11.7 Å². The summed E-state index contributed by atoms with van der Waals surface area (Å²) < 4.78 is 14.7. The number of nitrogens with one attached hydrogen (secondary N) is 1. The molecule has 0 saturated heterocycles. The van der Waals surface area contributed by atoms with Crippen LogP contribution >= 0.6 is 0 Å². The number of rotatable bonds is 5. The maximum absolute atomic E-state index is 13.0. The molecular formula is C16H20FN3O2. The van der Waals surface area contributed by atoms with Crippen molar-refractivity contribution in [1.82, 2.24) is 9.55 Å². The number of anilines is 1. The highest BCUT2D eigenvalue weighted by atomic mass is 19.1. The van der Waals surface area contributed by atoms with Gasteiger partial charge in [-0.05, 0) is 30.2 Å². The van der Waals surface area contributed by atoms with Gasteiger partial charge in [0, 0.05) is 12.6 Å². The number of aromatic nitrogens is 2.